The number of morpholine rings is 1. The normalized spacial score (nSPS) is 17.5. The first-order valence-corrected chi connectivity index (χ1v) is 11.5. The number of benzene rings is 1. The third-order valence-corrected chi connectivity index (χ3v) is 6.71. The molecule has 33 heavy (non-hydrogen) atoms. The molecule has 3 aromatic rings. The predicted octanol–water partition coefficient (Wildman–Crippen LogP) is 3.33. The van der Waals surface area contributed by atoms with E-state index in [1.807, 2.05) is 43.0 Å². The molecule has 0 radical (unpaired) electrons. The van der Waals surface area contributed by atoms with Crippen LogP contribution >= 0.6 is 0 Å². The van der Waals surface area contributed by atoms with Crippen molar-refractivity contribution in [3.05, 3.63) is 58.9 Å². The topological polar surface area (TPSA) is 88.8 Å². The largest absolute Gasteiger partial charge is 0.451 e. The van der Waals surface area contributed by atoms with Gasteiger partial charge < -0.3 is 19.0 Å². The summed E-state index contributed by atoms with van der Waals surface area (Å²) >= 11 is 0. The molecule has 4 heterocycles. The molecule has 0 N–H and O–H groups in total. The van der Waals surface area contributed by atoms with Crippen LogP contribution in [0.25, 0.3) is 11.0 Å². The van der Waals surface area contributed by atoms with E-state index in [0.29, 0.717) is 56.4 Å². The predicted molar refractivity (Wildman–Crippen MR) is 122 cm³/mol. The van der Waals surface area contributed by atoms with Crippen molar-refractivity contribution in [3.8, 4) is 0 Å². The first kappa shape index (κ1) is 21.6. The van der Waals surface area contributed by atoms with Crippen LogP contribution < -0.4 is 0 Å². The highest BCUT2D eigenvalue weighted by atomic mass is 16.5. The number of carbonyl (C=O) groups is 2. The maximum Gasteiger partial charge on any atom is 0.289 e. The maximum absolute atomic E-state index is 13.1. The van der Waals surface area contributed by atoms with Gasteiger partial charge >= 0.3 is 0 Å². The fourth-order valence-corrected chi connectivity index (χ4v) is 4.69. The Bertz CT molecular complexity index is 1190. The molecule has 0 atom stereocenters. The molecule has 8 heteroatoms. The molecule has 2 aliphatic heterocycles. The Morgan fingerprint density at radius 3 is 2.36 bits per heavy atom. The van der Waals surface area contributed by atoms with Crippen molar-refractivity contribution in [1.29, 1.82) is 0 Å². The summed E-state index contributed by atoms with van der Waals surface area (Å²) < 4.78 is 11.2. The van der Waals surface area contributed by atoms with E-state index in [1.54, 1.807) is 11.1 Å². The number of fused-ring (bicyclic) bond motifs is 1. The molecule has 0 saturated carbocycles. The summed E-state index contributed by atoms with van der Waals surface area (Å²) in [4.78, 5) is 38.8. The standard InChI is InChI=1S/C25H28N4O4/c1-16-19-5-3-4-6-21(19)33-22(16)25(31)28-9-7-18(8-10-28)23-26-15-20(17(2)27-23)24(30)29-11-13-32-14-12-29/h3-6,15,18H,7-14H2,1-2H3. The fraction of sp³-hybridized carbons (Fsp3) is 0.440. The van der Waals surface area contributed by atoms with Crippen molar-refractivity contribution in [2.75, 3.05) is 39.4 Å². The van der Waals surface area contributed by atoms with E-state index in [4.69, 9.17) is 9.15 Å². The summed E-state index contributed by atoms with van der Waals surface area (Å²) in [7, 11) is 0. The van der Waals surface area contributed by atoms with Crippen LogP contribution in [0.1, 0.15) is 56.8 Å². The van der Waals surface area contributed by atoms with Gasteiger partial charge in [0.25, 0.3) is 11.8 Å². The summed E-state index contributed by atoms with van der Waals surface area (Å²) in [6.45, 7) is 7.36. The second-order valence-electron chi connectivity index (χ2n) is 8.75. The Hall–Kier alpha value is -3.26. The van der Waals surface area contributed by atoms with E-state index < -0.39 is 0 Å². The van der Waals surface area contributed by atoms with Gasteiger partial charge in [-0.05, 0) is 32.8 Å². The van der Waals surface area contributed by atoms with E-state index in [-0.39, 0.29) is 17.7 Å². The third kappa shape index (κ3) is 4.11. The molecule has 0 unspecified atom stereocenters. The number of furan rings is 1. The van der Waals surface area contributed by atoms with Gasteiger partial charge in [-0.1, -0.05) is 18.2 Å². The van der Waals surface area contributed by atoms with Crippen LogP contribution in [0.4, 0.5) is 0 Å². The average Bonchev–Trinajstić information content (AvgIpc) is 3.20. The second kappa shape index (κ2) is 8.94. The zero-order valence-electron chi connectivity index (χ0n) is 19.0. The van der Waals surface area contributed by atoms with E-state index in [2.05, 4.69) is 9.97 Å². The van der Waals surface area contributed by atoms with Crippen LogP contribution in [0.5, 0.6) is 0 Å². The van der Waals surface area contributed by atoms with Crippen molar-refractivity contribution >= 4 is 22.8 Å². The molecule has 5 rings (SSSR count). The average molecular weight is 449 g/mol. The molecule has 0 bridgehead atoms. The summed E-state index contributed by atoms with van der Waals surface area (Å²) in [5, 5.41) is 0.978. The van der Waals surface area contributed by atoms with Gasteiger partial charge in [-0.3, -0.25) is 9.59 Å². The number of nitrogens with zero attached hydrogens (tertiary/aromatic N) is 4. The lowest BCUT2D eigenvalue weighted by molar-refractivity contribution is 0.0301. The molecule has 0 spiro atoms. The number of ether oxygens (including phenoxy) is 1. The quantitative estimate of drug-likeness (QED) is 0.611. The van der Waals surface area contributed by atoms with Gasteiger partial charge in [-0.15, -0.1) is 0 Å². The Morgan fingerprint density at radius 2 is 1.67 bits per heavy atom. The third-order valence-electron chi connectivity index (χ3n) is 6.71. The number of aromatic nitrogens is 2. The molecule has 1 aromatic carbocycles. The fourth-order valence-electron chi connectivity index (χ4n) is 4.69. The molecule has 0 aliphatic carbocycles. The van der Waals surface area contributed by atoms with Gasteiger partial charge in [0.2, 0.25) is 0 Å². The molecule has 2 amide bonds. The van der Waals surface area contributed by atoms with Crippen LogP contribution in [0.3, 0.4) is 0 Å². The zero-order chi connectivity index (χ0) is 22.9. The molecule has 2 aromatic heterocycles. The van der Waals surface area contributed by atoms with Crippen molar-refractivity contribution in [3.63, 3.8) is 0 Å². The minimum absolute atomic E-state index is 0.0380. The first-order valence-electron chi connectivity index (χ1n) is 11.5. The van der Waals surface area contributed by atoms with E-state index >= 15 is 0 Å². The van der Waals surface area contributed by atoms with E-state index in [1.165, 1.54) is 0 Å². The van der Waals surface area contributed by atoms with Crippen molar-refractivity contribution in [2.24, 2.45) is 0 Å². The molecule has 172 valence electrons. The Labute approximate surface area is 192 Å². The lowest BCUT2D eigenvalue weighted by Gasteiger charge is -2.31. The van der Waals surface area contributed by atoms with Crippen molar-refractivity contribution < 1.29 is 18.7 Å². The molecular formula is C25H28N4O4. The molecule has 2 aliphatic rings. The first-order chi connectivity index (χ1) is 16.0. The van der Waals surface area contributed by atoms with E-state index in [9.17, 15) is 9.59 Å². The summed E-state index contributed by atoms with van der Waals surface area (Å²) in [5.41, 5.74) is 2.88. The molecule has 8 nitrogen and oxygen atoms in total. The van der Waals surface area contributed by atoms with Crippen LogP contribution in [0, 0.1) is 13.8 Å². The van der Waals surface area contributed by atoms with Gasteiger partial charge in [0.1, 0.15) is 11.4 Å². The number of likely N-dealkylation sites (tertiary alicyclic amines) is 1. The van der Waals surface area contributed by atoms with Crippen molar-refractivity contribution in [1.82, 2.24) is 19.8 Å². The number of amides is 2. The lowest BCUT2D eigenvalue weighted by atomic mass is 9.95. The smallest absolute Gasteiger partial charge is 0.289 e. The van der Waals surface area contributed by atoms with Gasteiger partial charge in [0.05, 0.1) is 24.5 Å². The highest BCUT2D eigenvalue weighted by Gasteiger charge is 2.30. The summed E-state index contributed by atoms with van der Waals surface area (Å²) in [6.07, 6.45) is 3.22. The van der Waals surface area contributed by atoms with Crippen LogP contribution in [0.2, 0.25) is 0 Å². The van der Waals surface area contributed by atoms with Crippen molar-refractivity contribution in [2.45, 2.75) is 32.6 Å². The number of aryl methyl sites for hydroxylation is 2. The molecule has 2 fully saturated rings. The van der Waals surface area contributed by atoms with E-state index in [0.717, 1.165) is 35.2 Å². The van der Waals surface area contributed by atoms with Gasteiger partial charge in [0.15, 0.2) is 5.76 Å². The Balaban J connectivity index is 1.25. The van der Waals surface area contributed by atoms with Gasteiger partial charge in [0, 0.05) is 49.2 Å². The number of piperidine rings is 1. The second-order valence-corrected chi connectivity index (χ2v) is 8.75. The van der Waals surface area contributed by atoms with Gasteiger partial charge in [-0.25, -0.2) is 9.97 Å². The Kier molecular flexibility index (Phi) is 5.85. The Morgan fingerprint density at radius 1 is 0.970 bits per heavy atom. The number of hydrogen-bond acceptors (Lipinski definition) is 6. The minimum atomic E-state index is -0.0642. The lowest BCUT2D eigenvalue weighted by Crippen LogP contribution is -2.41. The number of hydrogen-bond donors (Lipinski definition) is 0. The number of rotatable bonds is 3. The highest BCUT2D eigenvalue weighted by molar-refractivity contribution is 5.99. The highest BCUT2D eigenvalue weighted by Crippen LogP contribution is 2.30. The zero-order valence-corrected chi connectivity index (χ0v) is 19.0. The SMILES string of the molecule is Cc1nc(C2CCN(C(=O)c3oc4ccccc4c3C)CC2)ncc1C(=O)N1CCOCC1. The summed E-state index contributed by atoms with van der Waals surface area (Å²) in [5.74, 6) is 1.23. The van der Waals surface area contributed by atoms with Crippen LogP contribution in [0.15, 0.2) is 34.9 Å². The summed E-state index contributed by atoms with van der Waals surface area (Å²) in [6, 6.07) is 7.72. The number of para-hydroxylation sites is 1. The van der Waals surface area contributed by atoms with Crippen LogP contribution in [-0.4, -0.2) is 71.0 Å². The number of carbonyl (C=O) groups excluding carboxylic acids is 2. The minimum Gasteiger partial charge on any atom is -0.451 e. The maximum atomic E-state index is 13.1. The molecule has 2 saturated heterocycles. The monoisotopic (exact) mass is 448 g/mol. The van der Waals surface area contributed by atoms with Crippen LogP contribution in [-0.2, 0) is 4.74 Å². The van der Waals surface area contributed by atoms with Gasteiger partial charge in [-0.2, -0.15) is 0 Å². The molecular weight excluding hydrogens is 420 g/mol.